The van der Waals surface area contributed by atoms with E-state index in [1.165, 1.54) is 0 Å². The van der Waals surface area contributed by atoms with Gasteiger partial charge in [0.05, 0.1) is 11.3 Å². The van der Waals surface area contributed by atoms with Gasteiger partial charge in [0, 0.05) is 32.7 Å². The van der Waals surface area contributed by atoms with E-state index in [1.807, 2.05) is 0 Å². The summed E-state index contributed by atoms with van der Waals surface area (Å²) in [5, 5.41) is 0. The Labute approximate surface area is 85.0 Å². The fourth-order valence-electron chi connectivity index (χ4n) is 0.0586. The smallest absolute Gasteiger partial charge is 0.0670 e. The molecule has 0 saturated carbocycles. The summed E-state index contributed by atoms with van der Waals surface area (Å²) in [5.74, 6) is 0. The zero-order valence-electron chi connectivity index (χ0n) is 3.54. The van der Waals surface area contributed by atoms with Crippen LogP contribution in [0.15, 0.2) is 4.40 Å². The van der Waals surface area contributed by atoms with E-state index < -0.39 is 15.8 Å². The molecule has 0 rings (SSSR count). The third-order valence-electron chi connectivity index (χ3n) is 0.146. The van der Waals surface area contributed by atoms with E-state index in [-0.39, 0.29) is 32.7 Å². The average molecular weight is 247 g/mol. The van der Waals surface area contributed by atoms with Gasteiger partial charge >= 0.3 is 0 Å². The summed E-state index contributed by atoms with van der Waals surface area (Å²) in [7, 11) is 0. The van der Waals surface area contributed by atoms with E-state index in [4.69, 9.17) is 11.6 Å². The third kappa shape index (κ3) is 10.4. The first-order valence-electron chi connectivity index (χ1n) is 1.13. The van der Waals surface area contributed by atoms with Gasteiger partial charge in [-0.1, -0.05) is 11.6 Å². The maximum atomic E-state index is 9.47. The third-order valence-corrected chi connectivity index (χ3v) is 0.870. The van der Waals surface area contributed by atoms with Gasteiger partial charge in [-0.2, -0.15) is 0 Å². The van der Waals surface area contributed by atoms with Crippen molar-refractivity contribution < 1.29 is 41.5 Å². The molecule has 0 fully saturated rings. The topological polar surface area (TPSA) is 52.5 Å². The van der Waals surface area contributed by atoms with Crippen molar-refractivity contribution in [2.75, 3.05) is 0 Å². The van der Waals surface area contributed by atoms with Crippen molar-refractivity contribution in [2.24, 2.45) is 4.40 Å². The van der Waals surface area contributed by atoms with Crippen molar-refractivity contribution in [3.63, 3.8) is 0 Å². The minimum atomic E-state index is -2.49. The van der Waals surface area contributed by atoms with Gasteiger partial charge in [-0.3, -0.25) is 4.21 Å². The summed E-state index contributed by atoms with van der Waals surface area (Å²) in [6.45, 7) is 0. The van der Waals surface area contributed by atoms with Crippen molar-refractivity contribution in [3.05, 3.63) is 0 Å². The van der Waals surface area contributed by atoms with Gasteiger partial charge < -0.3 is 17.2 Å². The molecule has 45 valence electrons. The van der Waals surface area contributed by atoms with Crippen LogP contribution in [0, 0.1) is 0 Å². The first-order valence-corrected chi connectivity index (χ1v) is 2.95. The van der Waals surface area contributed by atoms with Gasteiger partial charge in [-0.05, 0) is 4.50 Å². The molecule has 3 nitrogen and oxygen atoms in total. The molecule has 0 saturated heterocycles. The van der Waals surface area contributed by atoms with Crippen LogP contribution in [0.5, 0.6) is 0 Å². The Bertz CT molecular complexity index is 113. The van der Waals surface area contributed by atoms with Gasteiger partial charge in [0.2, 0.25) is 0 Å². The molecule has 0 aliphatic carbocycles. The number of rotatable bonds is 1. The molecular weight excluding hydrogens is 247 g/mol. The number of hydrogen-bond donors (Lipinski definition) is 0. The van der Waals surface area contributed by atoms with Crippen LogP contribution >= 0.6 is 11.6 Å². The number of nitrogens with zero attached hydrogens (tertiary/aromatic N) is 1. The Morgan fingerprint density at radius 2 is 2.25 bits per heavy atom. The summed E-state index contributed by atoms with van der Waals surface area (Å²) in [4.78, 5) is 0. The Morgan fingerprint density at radius 1 is 1.88 bits per heavy atom. The summed E-state index contributed by atoms with van der Waals surface area (Å²) in [6, 6.07) is 0. The summed E-state index contributed by atoms with van der Waals surface area (Å²) in [6.07, 6.45) is 0. The monoisotopic (exact) mass is 246 g/mol. The fraction of sp³-hybridized carbons (Fsp3) is 0. The van der Waals surface area contributed by atoms with Crippen LogP contribution in [0.1, 0.15) is 0 Å². The van der Waals surface area contributed by atoms with E-state index >= 15 is 0 Å². The molecule has 0 aromatic carbocycles. The standard InChI is InChI=1S/CH2ClNO2S2.Y/c2-1(6)3-7(4)5;/h(H,3,6)(H,4,5);/p-2. The molecule has 1 atom stereocenters. The Kier molecular flexibility index (Phi) is 9.86. The van der Waals surface area contributed by atoms with Crippen LogP contribution in [-0.4, -0.2) is 13.3 Å². The minimum Gasteiger partial charge on any atom is -0.754 e. The number of hydrogen-bond acceptors (Lipinski definition) is 3. The SMILES string of the molecule is O=S([O-])/N=C(\[S-])Cl.[Y]. The van der Waals surface area contributed by atoms with Crippen molar-refractivity contribution in [1.82, 2.24) is 0 Å². The van der Waals surface area contributed by atoms with Crippen LogP contribution in [0.25, 0.3) is 0 Å². The molecule has 0 heterocycles. The van der Waals surface area contributed by atoms with Crippen LogP contribution in [0.4, 0.5) is 0 Å². The minimum absolute atomic E-state index is 0. The first kappa shape index (κ1) is 12.1. The van der Waals surface area contributed by atoms with E-state index in [9.17, 15) is 8.76 Å². The van der Waals surface area contributed by atoms with E-state index in [1.54, 1.807) is 0 Å². The van der Waals surface area contributed by atoms with E-state index in [2.05, 4.69) is 17.0 Å². The second-order valence-corrected chi connectivity index (χ2v) is 2.15. The molecule has 0 aliphatic heterocycles. The van der Waals surface area contributed by atoms with Gasteiger partial charge in [0.15, 0.2) is 0 Å². The quantitative estimate of drug-likeness (QED) is 0.281. The van der Waals surface area contributed by atoms with E-state index in [0.717, 1.165) is 0 Å². The summed E-state index contributed by atoms with van der Waals surface area (Å²) < 4.78 is 21.2. The van der Waals surface area contributed by atoms with Crippen LogP contribution < -0.4 is 0 Å². The maximum absolute atomic E-state index is 9.47. The van der Waals surface area contributed by atoms with Crippen molar-refractivity contribution in [2.45, 2.75) is 0 Å². The van der Waals surface area contributed by atoms with E-state index in [0.29, 0.717) is 0 Å². The van der Waals surface area contributed by atoms with Crippen LogP contribution in [0.3, 0.4) is 0 Å². The predicted octanol–water partition coefficient (Wildman–Crippen LogP) is -0.0803. The second-order valence-electron chi connectivity index (χ2n) is 0.561. The summed E-state index contributed by atoms with van der Waals surface area (Å²) in [5.41, 5.74) is 0. The summed E-state index contributed by atoms with van der Waals surface area (Å²) >= 11 is 6.43. The van der Waals surface area contributed by atoms with Crippen molar-refractivity contribution in [3.8, 4) is 0 Å². The molecule has 1 radical (unpaired) electrons. The molecule has 0 aliphatic rings. The molecule has 1 unspecified atom stereocenters. The fourth-order valence-corrected chi connectivity index (χ4v) is 0.527. The van der Waals surface area contributed by atoms with Gasteiger partial charge in [0.25, 0.3) is 0 Å². The average Bonchev–Trinajstić information content (AvgIpc) is 1.27. The Balaban J connectivity index is 0. The van der Waals surface area contributed by atoms with Gasteiger partial charge in [0.1, 0.15) is 0 Å². The molecule has 7 heteroatoms. The Hall–Kier alpha value is 1.39. The zero-order valence-corrected chi connectivity index (χ0v) is 8.76. The van der Waals surface area contributed by atoms with Crippen LogP contribution in [0.2, 0.25) is 0 Å². The van der Waals surface area contributed by atoms with Crippen molar-refractivity contribution >= 4 is 40.0 Å². The molecule has 0 aromatic rings. The molecule has 8 heavy (non-hydrogen) atoms. The van der Waals surface area contributed by atoms with Gasteiger partial charge in [-0.15, -0.1) is 0 Å². The molecule has 0 bridgehead atoms. The Morgan fingerprint density at radius 3 is 2.25 bits per heavy atom. The van der Waals surface area contributed by atoms with Gasteiger partial charge in [-0.25, -0.2) is 4.40 Å². The molecule has 0 N–H and O–H groups in total. The van der Waals surface area contributed by atoms with Crippen molar-refractivity contribution in [1.29, 1.82) is 0 Å². The van der Waals surface area contributed by atoms with Crippen LogP contribution in [-0.2, 0) is 56.6 Å². The molecule has 0 amide bonds. The molecular formula is CClNO2S2Y-2. The molecule has 0 aromatic heterocycles. The maximum Gasteiger partial charge on any atom is 0.0670 e. The first-order chi connectivity index (χ1) is 3.13. The zero-order chi connectivity index (χ0) is 5.86. The second kappa shape index (κ2) is 6.51. The molecule has 0 spiro atoms. The normalized spacial score (nSPS) is 14.5. The number of halogens is 1. The largest absolute Gasteiger partial charge is 0.754 e. The predicted molar refractivity (Wildman–Crippen MR) is 29.6 cm³/mol.